The van der Waals surface area contributed by atoms with Crippen LogP contribution in [0.25, 0.3) is 0 Å². The minimum absolute atomic E-state index is 0.754. The molecule has 0 aromatic heterocycles. The van der Waals surface area contributed by atoms with Gasteiger partial charge in [-0.25, -0.2) is 0 Å². The van der Waals surface area contributed by atoms with Crippen molar-refractivity contribution in [1.29, 1.82) is 0 Å². The standard InChI is InChI=1S/C16H31N/c1-3-16(15-11-5-4-6-12-15)17-13(2)14-9-7-8-10-14/h13-17H,3-12H2,1-2H3. The van der Waals surface area contributed by atoms with Crippen LogP contribution < -0.4 is 5.32 Å². The lowest BCUT2D eigenvalue weighted by Gasteiger charge is -2.34. The second-order valence-electron chi connectivity index (χ2n) is 6.41. The van der Waals surface area contributed by atoms with Gasteiger partial charge in [-0.2, -0.15) is 0 Å². The van der Waals surface area contributed by atoms with Gasteiger partial charge in [0, 0.05) is 12.1 Å². The zero-order chi connectivity index (χ0) is 12.1. The van der Waals surface area contributed by atoms with Crippen molar-refractivity contribution in [2.75, 3.05) is 0 Å². The maximum Gasteiger partial charge on any atom is 0.00952 e. The number of hydrogen-bond acceptors (Lipinski definition) is 1. The number of nitrogens with one attached hydrogen (secondary N) is 1. The van der Waals surface area contributed by atoms with Gasteiger partial charge in [-0.05, 0) is 50.9 Å². The molecule has 0 saturated heterocycles. The van der Waals surface area contributed by atoms with Crippen molar-refractivity contribution in [2.45, 2.75) is 90.1 Å². The minimum Gasteiger partial charge on any atom is -0.311 e. The summed E-state index contributed by atoms with van der Waals surface area (Å²) in [6, 6.07) is 1.55. The highest BCUT2D eigenvalue weighted by Gasteiger charge is 2.27. The first kappa shape index (κ1) is 13.4. The fourth-order valence-electron chi connectivity index (χ4n) is 4.05. The Kier molecular flexibility index (Phi) is 5.34. The van der Waals surface area contributed by atoms with Crippen molar-refractivity contribution < 1.29 is 0 Å². The summed E-state index contributed by atoms with van der Waals surface area (Å²) in [5.74, 6) is 1.94. The molecule has 1 nitrogen and oxygen atoms in total. The largest absolute Gasteiger partial charge is 0.311 e. The van der Waals surface area contributed by atoms with Gasteiger partial charge in [-0.3, -0.25) is 0 Å². The minimum atomic E-state index is 0.754. The van der Waals surface area contributed by atoms with Gasteiger partial charge in [0.05, 0.1) is 0 Å². The Labute approximate surface area is 108 Å². The molecule has 0 radical (unpaired) electrons. The van der Waals surface area contributed by atoms with E-state index in [0.29, 0.717) is 0 Å². The van der Waals surface area contributed by atoms with Gasteiger partial charge in [0.15, 0.2) is 0 Å². The van der Waals surface area contributed by atoms with Crippen molar-refractivity contribution in [3.63, 3.8) is 0 Å². The molecule has 2 rings (SSSR count). The van der Waals surface area contributed by atoms with Crippen LogP contribution in [0, 0.1) is 11.8 Å². The lowest BCUT2D eigenvalue weighted by atomic mass is 9.82. The summed E-state index contributed by atoms with van der Waals surface area (Å²) in [6.07, 6.45) is 14.6. The van der Waals surface area contributed by atoms with E-state index in [-0.39, 0.29) is 0 Å². The highest BCUT2D eigenvalue weighted by Crippen LogP contribution is 2.31. The van der Waals surface area contributed by atoms with Gasteiger partial charge in [0.1, 0.15) is 0 Å². The Hall–Kier alpha value is -0.0400. The molecule has 2 aliphatic carbocycles. The molecule has 2 unspecified atom stereocenters. The highest BCUT2D eigenvalue weighted by molar-refractivity contribution is 4.84. The van der Waals surface area contributed by atoms with Crippen LogP contribution in [0.5, 0.6) is 0 Å². The summed E-state index contributed by atoms with van der Waals surface area (Å²) < 4.78 is 0. The van der Waals surface area contributed by atoms with E-state index in [1.807, 2.05) is 0 Å². The summed E-state index contributed by atoms with van der Waals surface area (Å²) >= 11 is 0. The SMILES string of the molecule is CCC(NC(C)C1CCCC1)C1CCCCC1. The molecule has 100 valence electrons. The van der Waals surface area contributed by atoms with Crippen molar-refractivity contribution >= 4 is 0 Å². The van der Waals surface area contributed by atoms with E-state index in [1.165, 1.54) is 64.2 Å². The second kappa shape index (κ2) is 6.78. The first-order valence-corrected chi connectivity index (χ1v) is 8.07. The van der Waals surface area contributed by atoms with E-state index in [0.717, 1.165) is 23.9 Å². The van der Waals surface area contributed by atoms with Gasteiger partial charge < -0.3 is 5.32 Å². The average Bonchev–Trinajstić information content (AvgIpc) is 2.90. The molecule has 2 saturated carbocycles. The van der Waals surface area contributed by atoms with Crippen LogP contribution in [-0.2, 0) is 0 Å². The fourth-order valence-corrected chi connectivity index (χ4v) is 4.05. The third-order valence-corrected chi connectivity index (χ3v) is 5.24. The molecule has 2 atom stereocenters. The molecule has 0 aromatic carbocycles. The molecule has 0 bridgehead atoms. The van der Waals surface area contributed by atoms with Crippen LogP contribution in [0.2, 0.25) is 0 Å². The third kappa shape index (κ3) is 3.71. The van der Waals surface area contributed by atoms with E-state index in [1.54, 1.807) is 0 Å². The molecule has 2 fully saturated rings. The Morgan fingerprint density at radius 2 is 1.41 bits per heavy atom. The summed E-state index contributed by atoms with van der Waals surface area (Å²) in [5, 5.41) is 3.98. The van der Waals surface area contributed by atoms with Crippen LogP contribution in [0.1, 0.15) is 78.1 Å². The van der Waals surface area contributed by atoms with Crippen molar-refractivity contribution in [3.8, 4) is 0 Å². The van der Waals surface area contributed by atoms with E-state index in [9.17, 15) is 0 Å². The maximum absolute atomic E-state index is 3.98. The van der Waals surface area contributed by atoms with Crippen LogP contribution in [-0.4, -0.2) is 12.1 Å². The van der Waals surface area contributed by atoms with Crippen molar-refractivity contribution in [2.24, 2.45) is 11.8 Å². The first-order valence-electron chi connectivity index (χ1n) is 8.07. The van der Waals surface area contributed by atoms with E-state index < -0.39 is 0 Å². The summed E-state index contributed by atoms with van der Waals surface area (Å²) in [6.45, 7) is 4.80. The van der Waals surface area contributed by atoms with Gasteiger partial charge in [0.25, 0.3) is 0 Å². The topological polar surface area (TPSA) is 12.0 Å². The molecule has 1 N–H and O–H groups in total. The molecule has 17 heavy (non-hydrogen) atoms. The lowest BCUT2D eigenvalue weighted by Crippen LogP contribution is -2.44. The predicted molar refractivity (Wildman–Crippen MR) is 75.2 cm³/mol. The fraction of sp³-hybridized carbons (Fsp3) is 1.00. The van der Waals surface area contributed by atoms with Crippen molar-refractivity contribution in [1.82, 2.24) is 5.32 Å². The van der Waals surface area contributed by atoms with Gasteiger partial charge >= 0.3 is 0 Å². The van der Waals surface area contributed by atoms with Crippen molar-refractivity contribution in [3.05, 3.63) is 0 Å². The monoisotopic (exact) mass is 237 g/mol. The smallest absolute Gasteiger partial charge is 0.00952 e. The van der Waals surface area contributed by atoms with Gasteiger partial charge in [-0.15, -0.1) is 0 Å². The van der Waals surface area contributed by atoms with Gasteiger partial charge in [-0.1, -0.05) is 39.0 Å². The molecule has 0 aliphatic heterocycles. The number of hydrogen-bond donors (Lipinski definition) is 1. The lowest BCUT2D eigenvalue weighted by molar-refractivity contribution is 0.227. The average molecular weight is 237 g/mol. The predicted octanol–water partition coefficient (Wildman–Crippen LogP) is 4.51. The van der Waals surface area contributed by atoms with E-state index in [4.69, 9.17) is 0 Å². The van der Waals surface area contributed by atoms with Crippen LogP contribution in [0.15, 0.2) is 0 Å². The third-order valence-electron chi connectivity index (χ3n) is 5.24. The molecule has 0 heterocycles. The normalized spacial score (nSPS) is 27.2. The molecule has 0 amide bonds. The zero-order valence-corrected chi connectivity index (χ0v) is 11.9. The van der Waals surface area contributed by atoms with Gasteiger partial charge in [0.2, 0.25) is 0 Å². The summed E-state index contributed by atoms with van der Waals surface area (Å²) in [5.41, 5.74) is 0. The molecule has 2 aliphatic rings. The summed E-state index contributed by atoms with van der Waals surface area (Å²) in [7, 11) is 0. The molecule has 0 spiro atoms. The Morgan fingerprint density at radius 1 is 0.882 bits per heavy atom. The Morgan fingerprint density at radius 3 is 2.00 bits per heavy atom. The number of rotatable bonds is 5. The molecular weight excluding hydrogens is 206 g/mol. The Balaban J connectivity index is 1.80. The highest BCUT2D eigenvalue weighted by atomic mass is 15.0. The van der Waals surface area contributed by atoms with Crippen LogP contribution >= 0.6 is 0 Å². The molecule has 1 heteroatoms. The quantitative estimate of drug-likeness (QED) is 0.741. The van der Waals surface area contributed by atoms with Crippen LogP contribution in [0.4, 0.5) is 0 Å². The maximum atomic E-state index is 3.98. The second-order valence-corrected chi connectivity index (χ2v) is 6.41. The van der Waals surface area contributed by atoms with Crippen LogP contribution in [0.3, 0.4) is 0 Å². The van der Waals surface area contributed by atoms with E-state index >= 15 is 0 Å². The Bertz CT molecular complexity index is 202. The molecule has 0 aromatic rings. The summed E-state index contributed by atoms with van der Waals surface area (Å²) in [4.78, 5) is 0. The first-order chi connectivity index (χ1) is 8.31. The van der Waals surface area contributed by atoms with E-state index in [2.05, 4.69) is 19.2 Å². The zero-order valence-electron chi connectivity index (χ0n) is 11.9. The molecular formula is C16H31N.